The third kappa shape index (κ3) is 2.69. The van der Waals surface area contributed by atoms with E-state index in [9.17, 15) is 9.18 Å². The molecule has 2 unspecified atom stereocenters. The van der Waals surface area contributed by atoms with E-state index in [-0.39, 0.29) is 6.04 Å². The van der Waals surface area contributed by atoms with Gasteiger partial charge in [-0.15, -0.1) is 0 Å². The number of nitrogens with one attached hydrogen (secondary N) is 1. The number of carbonyl (C=O) groups excluding carboxylic acids is 1. The minimum absolute atomic E-state index is 0.197. The summed E-state index contributed by atoms with van der Waals surface area (Å²) in [4.78, 5) is 11.4. The van der Waals surface area contributed by atoms with Gasteiger partial charge < -0.3 is 5.32 Å². The molecule has 0 heterocycles. The van der Waals surface area contributed by atoms with Crippen molar-refractivity contribution >= 4 is 5.91 Å². The topological polar surface area (TPSA) is 29.1 Å². The fourth-order valence-electron chi connectivity index (χ4n) is 2.06. The predicted octanol–water partition coefficient (Wildman–Crippen LogP) is 2.43. The highest BCUT2D eigenvalue weighted by Crippen LogP contribution is 2.28. The molecule has 0 radical (unpaired) electrons. The average molecular weight is 201 g/mol. The molecule has 14 heavy (non-hydrogen) atoms. The third-order valence-electron chi connectivity index (χ3n) is 3.04. The summed E-state index contributed by atoms with van der Waals surface area (Å²) in [5.74, 6) is 0.0733. The van der Waals surface area contributed by atoms with Gasteiger partial charge in [0.2, 0.25) is 0 Å². The summed E-state index contributed by atoms with van der Waals surface area (Å²) in [6, 6.07) is 0.197. The van der Waals surface area contributed by atoms with Gasteiger partial charge >= 0.3 is 0 Å². The molecule has 1 aliphatic rings. The highest BCUT2D eigenvalue weighted by atomic mass is 19.1. The molecule has 2 nitrogen and oxygen atoms in total. The average Bonchev–Trinajstić information content (AvgIpc) is 2.50. The van der Waals surface area contributed by atoms with Gasteiger partial charge in [0.25, 0.3) is 5.91 Å². The Morgan fingerprint density at radius 1 is 1.50 bits per heavy atom. The second-order valence-corrected chi connectivity index (χ2v) is 4.65. The first-order valence-electron chi connectivity index (χ1n) is 5.45. The van der Waals surface area contributed by atoms with Gasteiger partial charge in [0.15, 0.2) is 5.67 Å². The van der Waals surface area contributed by atoms with E-state index in [4.69, 9.17) is 0 Å². The monoisotopic (exact) mass is 201 g/mol. The van der Waals surface area contributed by atoms with Crippen LogP contribution in [-0.2, 0) is 4.79 Å². The van der Waals surface area contributed by atoms with E-state index in [0.29, 0.717) is 5.92 Å². The predicted molar refractivity (Wildman–Crippen MR) is 54.7 cm³/mol. The van der Waals surface area contributed by atoms with Crippen LogP contribution in [0.15, 0.2) is 0 Å². The Kier molecular flexibility index (Phi) is 3.51. The molecule has 1 amide bonds. The second kappa shape index (κ2) is 4.28. The zero-order valence-electron chi connectivity index (χ0n) is 9.27. The first kappa shape index (κ1) is 11.5. The summed E-state index contributed by atoms with van der Waals surface area (Å²) in [5.41, 5.74) is -1.75. The fraction of sp³-hybridized carbons (Fsp3) is 0.909. The highest BCUT2D eigenvalue weighted by Gasteiger charge is 2.32. The number of hydrogen-bond acceptors (Lipinski definition) is 1. The molecule has 0 spiro atoms. The molecule has 0 aliphatic heterocycles. The van der Waals surface area contributed by atoms with Crippen LogP contribution in [0.4, 0.5) is 4.39 Å². The lowest BCUT2D eigenvalue weighted by atomic mass is 10.00. The lowest BCUT2D eigenvalue weighted by molar-refractivity contribution is -0.131. The van der Waals surface area contributed by atoms with Crippen LogP contribution >= 0.6 is 0 Å². The molecule has 3 heteroatoms. The maximum atomic E-state index is 13.3. The van der Waals surface area contributed by atoms with Crippen LogP contribution in [0.2, 0.25) is 0 Å². The number of carbonyl (C=O) groups is 1. The van der Waals surface area contributed by atoms with Crippen LogP contribution in [0.3, 0.4) is 0 Å². The van der Waals surface area contributed by atoms with Crippen LogP contribution in [0.1, 0.15) is 46.5 Å². The normalized spacial score (nSPS) is 27.7. The molecule has 1 N–H and O–H groups in total. The van der Waals surface area contributed by atoms with E-state index < -0.39 is 11.6 Å². The van der Waals surface area contributed by atoms with Crippen molar-refractivity contribution in [2.45, 2.75) is 58.2 Å². The van der Waals surface area contributed by atoms with Gasteiger partial charge in [-0.3, -0.25) is 4.79 Å². The molecular weight excluding hydrogens is 181 g/mol. The van der Waals surface area contributed by atoms with Gasteiger partial charge in [-0.1, -0.05) is 19.8 Å². The molecule has 1 aliphatic carbocycles. The molecular formula is C11H20FNO. The lowest BCUT2D eigenvalue weighted by Gasteiger charge is -2.23. The van der Waals surface area contributed by atoms with Crippen molar-refractivity contribution in [2.75, 3.05) is 0 Å². The van der Waals surface area contributed by atoms with E-state index in [2.05, 4.69) is 12.2 Å². The summed E-state index contributed by atoms with van der Waals surface area (Å²) < 4.78 is 13.3. The molecule has 0 saturated heterocycles. The molecule has 2 atom stereocenters. The molecule has 1 fully saturated rings. The summed E-state index contributed by atoms with van der Waals surface area (Å²) in [6.45, 7) is 4.73. The second-order valence-electron chi connectivity index (χ2n) is 4.65. The van der Waals surface area contributed by atoms with Crippen molar-refractivity contribution in [3.63, 3.8) is 0 Å². The van der Waals surface area contributed by atoms with Crippen molar-refractivity contribution in [1.82, 2.24) is 5.32 Å². The van der Waals surface area contributed by atoms with Crippen molar-refractivity contribution in [3.8, 4) is 0 Å². The van der Waals surface area contributed by atoms with Gasteiger partial charge in [-0.25, -0.2) is 4.39 Å². The first-order valence-corrected chi connectivity index (χ1v) is 5.45. The van der Waals surface area contributed by atoms with Crippen molar-refractivity contribution < 1.29 is 9.18 Å². The summed E-state index contributed by atoms with van der Waals surface area (Å²) in [6.07, 6.45) is 4.38. The van der Waals surface area contributed by atoms with Crippen molar-refractivity contribution in [1.29, 1.82) is 0 Å². The smallest absolute Gasteiger partial charge is 0.257 e. The largest absolute Gasteiger partial charge is 0.350 e. The van der Waals surface area contributed by atoms with Crippen LogP contribution in [0.25, 0.3) is 0 Å². The number of alkyl halides is 1. The maximum absolute atomic E-state index is 13.3. The van der Waals surface area contributed by atoms with E-state index in [1.807, 2.05) is 0 Å². The molecule has 0 bridgehead atoms. The van der Waals surface area contributed by atoms with E-state index >= 15 is 0 Å². The standard InChI is InChI=1S/C11H20FNO/c1-4-8-6-5-7-9(8)13-10(14)11(2,3)12/h8-9H,4-7H2,1-3H3,(H,13,14). The first-order chi connectivity index (χ1) is 6.45. The summed E-state index contributed by atoms with van der Waals surface area (Å²) >= 11 is 0. The van der Waals surface area contributed by atoms with Crippen LogP contribution in [0.5, 0.6) is 0 Å². The molecule has 0 aromatic carbocycles. The van der Waals surface area contributed by atoms with Crippen LogP contribution in [0, 0.1) is 5.92 Å². The Morgan fingerprint density at radius 2 is 2.14 bits per heavy atom. The van der Waals surface area contributed by atoms with Gasteiger partial charge in [0, 0.05) is 6.04 Å². The van der Waals surface area contributed by atoms with Gasteiger partial charge in [-0.05, 0) is 32.6 Å². The third-order valence-corrected chi connectivity index (χ3v) is 3.04. The van der Waals surface area contributed by atoms with Crippen molar-refractivity contribution in [2.24, 2.45) is 5.92 Å². The number of halogens is 1. The highest BCUT2D eigenvalue weighted by molar-refractivity contribution is 5.84. The summed E-state index contributed by atoms with van der Waals surface area (Å²) in [7, 11) is 0. The van der Waals surface area contributed by atoms with E-state index in [1.165, 1.54) is 13.8 Å². The van der Waals surface area contributed by atoms with E-state index in [1.54, 1.807) is 0 Å². The van der Waals surface area contributed by atoms with Gasteiger partial charge in [0.05, 0.1) is 0 Å². The van der Waals surface area contributed by atoms with Gasteiger partial charge in [0.1, 0.15) is 0 Å². The summed E-state index contributed by atoms with van der Waals surface area (Å²) in [5, 5.41) is 2.81. The Balaban J connectivity index is 2.48. The Labute approximate surface area is 85.3 Å². The van der Waals surface area contributed by atoms with Crippen LogP contribution < -0.4 is 5.32 Å². The molecule has 1 rings (SSSR count). The number of hydrogen-bond donors (Lipinski definition) is 1. The number of amides is 1. The quantitative estimate of drug-likeness (QED) is 0.746. The Morgan fingerprint density at radius 3 is 2.64 bits per heavy atom. The minimum Gasteiger partial charge on any atom is -0.350 e. The maximum Gasteiger partial charge on any atom is 0.257 e. The molecule has 0 aromatic rings. The van der Waals surface area contributed by atoms with Gasteiger partial charge in [-0.2, -0.15) is 0 Å². The Hall–Kier alpha value is -0.600. The minimum atomic E-state index is -1.75. The zero-order valence-corrected chi connectivity index (χ0v) is 9.27. The van der Waals surface area contributed by atoms with E-state index in [0.717, 1.165) is 25.7 Å². The SMILES string of the molecule is CCC1CCCC1NC(=O)C(C)(C)F. The molecule has 1 saturated carbocycles. The molecule has 82 valence electrons. The Bertz CT molecular complexity index is 210. The zero-order chi connectivity index (χ0) is 10.8. The number of rotatable bonds is 3. The lowest BCUT2D eigenvalue weighted by Crippen LogP contribution is -2.45. The molecule has 0 aromatic heterocycles. The van der Waals surface area contributed by atoms with Crippen molar-refractivity contribution in [3.05, 3.63) is 0 Å². The fourth-order valence-corrected chi connectivity index (χ4v) is 2.06. The van der Waals surface area contributed by atoms with Crippen LogP contribution in [-0.4, -0.2) is 17.6 Å².